The maximum atomic E-state index is 12.6. The molecule has 5 heteroatoms. The molecule has 1 fully saturated rings. The molecule has 0 saturated carbocycles. The van der Waals surface area contributed by atoms with E-state index < -0.39 is 0 Å². The number of likely N-dealkylation sites (N-methyl/N-ethyl adjacent to an activating group) is 1. The van der Waals surface area contributed by atoms with Crippen LogP contribution in [0.1, 0.15) is 48.0 Å². The summed E-state index contributed by atoms with van der Waals surface area (Å²) in [7, 11) is 1.83. The predicted octanol–water partition coefficient (Wildman–Crippen LogP) is 1.73. The van der Waals surface area contributed by atoms with E-state index in [0.717, 1.165) is 13.1 Å². The second-order valence-electron chi connectivity index (χ2n) is 8.08. The SMILES string of the molecule is C[C@@H]1C[C@@H](C)CN(C(=O)[C@@H](C)N(C)CC(=O)NC(C)(C)C)C1. The van der Waals surface area contributed by atoms with E-state index in [-0.39, 0.29) is 29.9 Å². The molecule has 1 N–H and O–H groups in total. The fraction of sp³-hybridized carbons (Fsp3) is 0.882. The molecule has 0 bridgehead atoms. The highest BCUT2D eigenvalue weighted by Crippen LogP contribution is 2.22. The number of piperidine rings is 1. The molecule has 0 aromatic rings. The number of hydrogen-bond acceptors (Lipinski definition) is 3. The number of amides is 2. The molecule has 128 valence electrons. The Morgan fingerprint density at radius 1 is 1.23 bits per heavy atom. The summed E-state index contributed by atoms with van der Waals surface area (Å²) in [6.07, 6.45) is 1.18. The lowest BCUT2D eigenvalue weighted by atomic mass is 9.91. The van der Waals surface area contributed by atoms with E-state index >= 15 is 0 Å². The number of rotatable bonds is 4. The first-order chi connectivity index (χ1) is 9.99. The normalized spacial score (nSPS) is 24.3. The first-order valence-electron chi connectivity index (χ1n) is 8.29. The van der Waals surface area contributed by atoms with Crippen LogP contribution in [0.4, 0.5) is 0 Å². The summed E-state index contributed by atoms with van der Waals surface area (Å²) in [5.41, 5.74) is -0.247. The van der Waals surface area contributed by atoms with E-state index in [1.165, 1.54) is 6.42 Å². The molecule has 1 heterocycles. The average Bonchev–Trinajstić information content (AvgIpc) is 2.33. The predicted molar refractivity (Wildman–Crippen MR) is 89.5 cm³/mol. The molecule has 0 aliphatic carbocycles. The van der Waals surface area contributed by atoms with Crippen LogP contribution in [0.5, 0.6) is 0 Å². The third kappa shape index (κ3) is 5.95. The summed E-state index contributed by atoms with van der Waals surface area (Å²) in [6.45, 7) is 14.0. The standard InChI is InChI=1S/C17H33N3O2/c1-12-8-13(2)10-20(9-12)16(22)14(3)19(7)11-15(21)18-17(4,5)6/h12-14H,8-11H2,1-7H3,(H,18,21)/t12-,13-,14-/m1/s1. The lowest BCUT2D eigenvalue weighted by Gasteiger charge is -2.38. The van der Waals surface area contributed by atoms with Crippen molar-refractivity contribution in [1.29, 1.82) is 0 Å². The maximum absolute atomic E-state index is 12.6. The Balaban J connectivity index is 2.56. The van der Waals surface area contributed by atoms with Crippen molar-refractivity contribution >= 4 is 11.8 Å². The van der Waals surface area contributed by atoms with Crippen molar-refractivity contribution in [2.24, 2.45) is 11.8 Å². The molecule has 22 heavy (non-hydrogen) atoms. The van der Waals surface area contributed by atoms with E-state index in [1.807, 2.05) is 44.5 Å². The minimum Gasteiger partial charge on any atom is -0.350 e. The first-order valence-corrected chi connectivity index (χ1v) is 8.29. The van der Waals surface area contributed by atoms with Gasteiger partial charge in [0.1, 0.15) is 0 Å². The maximum Gasteiger partial charge on any atom is 0.239 e. The van der Waals surface area contributed by atoms with Gasteiger partial charge in [-0.05, 0) is 53.0 Å². The van der Waals surface area contributed by atoms with Crippen molar-refractivity contribution < 1.29 is 9.59 Å². The van der Waals surface area contributed by atoms with Gasteiger partial charge in [-0.2, -0.15) is 0 Å². The highest BCUT2D eigenvalue weighted by Gasteiger charge is 2.30. The van der Waals surface area contributed by atoms with Gasteiger partial charge in [0.15, 0.2) is 0 Å². The molecule has 1 saturated heterocycles. The van der Waals surface area contributed by atoms with Gasteiger partial charge in [0, 0.05) is 18.6 Å². The van der Waals surface area contributed by atoms with Crippen molar-refractivity contribution in [1.82, 2.24) is 15.1 Å². The Morgan fingerprint density at radius 3 is 2.18 bits per heavy atom. The van der Waals surface area contributed by atoms with Crippen LogP contribution in [0.25, 0.3) is 0 Å². The van der Waals surface area contributed by atoms with Crippen LogP contribution in [-0.4, -0.2) is 59.9 Å². The van der Waals surface area contributed by atoms with Crippen LogP contribution in [0.3, 0.4) is 0 Å². The van der Waals surface area contributed by atoms with Gasteiger partial charge in [-0.25, -0.2) is 0 Å². The lowest BCUT2D eigenvalue weighted by Crippen LogP contribution is -2.53. The molecule has 3 atom stereocenters. The van der Waals surface area contributed by atoms with Crippen LogP contribution < -0.4 is 5.32 Å². The highest BCUT2D eigenvalue weighted by atomic mass is 16.2. The van der Waals surface area contributed by atoms with E-state index in [2.05, 4.69) is 19.2 Å². The molecule has 5 nitrogen and oxygen atoms in total. The van der Waals surface area contributed by atoms with Crippen molar-refractivity contribution in [3.05, 3.63) is 0 Å². The van der Waals surface area contributed by atoms with E-state index in [4.69, 9.17) is 0 Å². The summed E-state index contributed by atoms with van der Waals surface area (Å²) in [5, 5.41) is 2.93. The van der Waals surface area contributed by atoms with Gasteiger partial charge in [-0.3, -0.25) is 14.5 Å². The second-order valence-corrected chi connectivity index (χ2v) is 8.08. The van der Waals surface area contributed by atoms with Crippen LogP contribution >= 0.6 is 0 Å². The van der Waals surface area contributed by atoms with Gasteiger partial charge in [0.2, 0.25) is 11.8 Å². The zero-order valence-corrected chi connectivity index (χ0v) is 15.3. The van der Waals surface area contributed by atoms with Crippen molar-refractivity contribution in [2.75, 3.05) is 26.7 Å². The van der Waals surface area contributed by atoms with Crippen molar-refractivity contribution in [3.63, 3.8) is 0 Å². The van der Waals surface area contributed by atoms with Crippen LogP contribution in [0, 0.1) is 11.8 Å². The number of carbonyl (C=O) groups excluding carboxylic acids is 2. The molecular formula is C17H33N3O2. The van der Waals surface area contributed by atoms with Gasteiger partial charge in [0.05, 0.1) is 12.6 Å². The smallest absolute Gasteiger partial charge is 0.239 e. The quantitative estimate of drug-likeness (QED) is 0.860. The highest BCUT2D eigenvalue weighted by molar-refractivity contribution is 5.83. The van der Waals surface area contributed by atoms with Gasteiger partial charge in [-0.15, -0.1) is 0 Å². The van der Waals surface area contributed by atoms with Gasteiger partial charge >= 0.3 is 0 Å². The molecule has 0 radical (unpaired) electrons. The summed E-state index contributed by atoms with van der Waals surface area (Å²) in [5.74, 6) is 1.18. The summed E-state index contributed by atoms with van der Waals surface area (Å²) < 4.78 is 0. The molecule has 1 rings (SSSR count). The molecule has 0 spiro atoms. The minimum atomic E-state index is -0.275. The number of likely N-dealkylation sites (tertiary alicyclic amines) is 1. The third-order valence-electron chi connectivity index (χ3n) is 4.11. The van der Waals surface area contributed by atoms with E-state index in [0.29, 0.717) is 11.8 Å². The monoisotopic (exact) mass is 311 g/mol. The summed E-state index contributed by atoms with van der Waals surface area (Å²) in [4.78, 5) is 28.4. The molecule has 2 amide bonds. The number of hydrogen-bond donors (Lipinski definition) is 1. The zero-order valence-electron chi connectivity index (χ0n) is 15.3. The van der Waals surface area contributed by atoms with Gasteiger partial charge in [0.25, 0.3) is 0 Å². The fourth-order valence-electron chi connectivity index (χ4n) is 3.12. The molecule has 1 aliphatic heterocycles. The number of carbonyl (C=O) groups is 2. The largest absolute Gasteiger partial charge is 0.350 e. The van der Waals surface area contributed by atoms with Crippen LogP contribution in [0.2, 0.25) is 0 Å². The van der Waals surface area contributed by atoms with Crippen LogP contribution in [0.15, 0.2) is 0 Å². The molecule has 1 aliphatic rings. The lowest BCUT2D eigenvalue weighted by molar-refractivity contribution is -0.139. The Labute approximate surface area is 135 Å². The summed E-state index contributed by atoms with van der Waals surface area (Å²) >= 11 is 0. The van der Waals surface area contributed by atoms with Crippen molar-refractivity contribution in [2.45, 2.75) is 59.5 Å². The fourth-order valence-corrected chi connectivity index (χ4v) is 3.12. The number of nitrogens with zero attached hydrogens (tertiary/aromatic N) is 2. The van der Waals surface area contributed by atoms with Gasteiger partial charge < -0.3 is 10.2 Å². The molecule has 0 aromatic carbocycles. The Bertz CT molecular complexity index is 393. The molecule has 0 aromatic heterocycles. The minimum absolute atomic E-state index is 0.0463. The first kappa shape index (κ1) is 18.9. The third-order valence-corrected chi connectivity index (χ3v) is 4.11. The Kier molecular flexibility index (Phi) is 6.41. The number of nitrogens with one attached hydrogen (secondary N) is 1. The van der Waals surface area contributed by atoms with E-state index in [1.54, 1.807) is 0 Å². The topological polar surface area (TPSA) is 52.7 Å². The molecular weight excluding hydrogens is 278 g/mol. The Morgan fingerprint density at radius 2 is 1.73 bits per heavy atom. The second kappa shape index (κ2) is 7.44. The zero-order chi connectivity index (χ0) is 17.1. The van der Waals surface area contributed by atoms with Crippen LogP contribution in [-0.2, 0) is 9.59 Å². The Hall–Kier alpha value is -1.10. The summed E-state index contributed by atoms with van der Waals surface area (Å²) in [6, 6.07) is -0.275. The average molecular weight is 311 g/mol. The van der Waals surface area contributed by atoms with Gasteiger partial charge in [-0.1, -0.05) is 13.8 Å². The molecule has 0 unspecified atom stereocenters. The van der Waals surface area contributed by atoms with E-state index in [9.17, 15) is 9.59 Å². The van der Waals surface area contributed by atoms with Crippen molar-refractivity contribution in [3.8, 4) is 0 Å².